The Morgan fingerprint density at radius 2 is 1.47 bits per heavy atom. The summed E-state index contributed by atoms with van der Waals surface area (Å²) in [6.07, 6.45) is 1.53. The fraction of sp³-hybridized carbons (Fsp3) is 0.846. The number of amides is 2. The van der Waals surface area contributed by atoms with Gasteiger partial charge in [-0.2, -0.15) is 0 Å². The van der Waals surface area contributed by atoms with Crippen LogP contribution in [0.25, 0.3) is 0 Å². The maximum absolute atomic E-state index is 11.6. The third-order valence-corrected chi connectivity index (χ3v) is 2.29. The highest BCUT2D eigenvalue weighted by molar-refractivity contribution is 5.78. The molecule has 0 atom stereocenters. The Labute approximate surface area is 105 Å². The fourth-order valence-corrected chi connectivity index (χ4v) is 1.44. The molecule has 2 amide bonds. The second kappa shape index (κ2) is 6.03. The lowest BCUT2D eigenvalue weighted by molar-refractivity contribution is -0.125. The van der Waals surface area contributed by atoms with Crippen molar-refractivity contribution in [1.82, 2.24) is 10.6 Å². The van der Waals surface area contributed by atoms with Crippen LogP contribution in [-0.2, 0) is 9.59 Å². The molecule has 0 aliphatic heterocycles. The molecule has 0 aliphatic carbocycles. The lowest BCUT2D eigenvalue weighted by Gasteiger charge is -2.27. The third kappa shape index (κ3) is 8.72. The van der Waals surface area contributed by atoms with Gasteiger partial charge in [-0.05, 0) is 41.0 Å². The Hall–Kier alpha value is -1.06. The van der Waals surface area contributed by atoms with E-state index in [0.717, 1.165) is 0 Å². The van der Waals surface area contributed by atoms with Gasteiger partial charge >= 0.3 is 0 Å². The van der Waals surface area contributed by atoms with Gasteiger partial charge in [0.25, 0.3) is 0 Å². The van der Waals surface area contributed by atoms with Crippen LogP contribution < -0.4 is 10.6 Å². The van der Waals surface area contributed by atoms with Crippen molar-refractivity contribution in [3.05, 3.63) is 0 Å². The predicted octanol–water partition coefficient (Wildman–Crippen LogP) is 1.99. The zero-order valence-electron chi connectivity index (χ0n) is 11.9. The molecule has 0 rings (SSSR count). The zero-order chi connectivity index (χ0) is 13.7. The molecule has 4 heteroatoms. The second-order valence-electron chi connectivity index (χ2n) is 6.08. The van der Waals surface area contributed by atoms with Crippen LogP contribution in [0.15, 0.2) is 0 Å². The molecule has 0 aliphatic rings. The minimum Gasteiger partial charge on any atom is -0.352 e. The van der Waals surface area contributed by atoms with E-state index in [1.54, 1.807) is 0 Å². The van der Waals surface area contributed by atoms with Crippen molar-refractivity contribution in [3.63, 3.8) is 0 Å². The monoisotopic (exact) mass is 242 g/mol. The SMILES string of the molecule is CCC(=O)NC(C)(C)CCC(=O)NC(C)(C)C. The molecule has 0 aromatic carbocycles. The number of carbonyl (C=O) groups is 2. The molecule has 0 unspecified atom stereocenters. The van der Waals surface area contributed by atoms with Crippen LogP contribution in [0.1, 0.15) is 60.8 Å². The van der Waals surface area contributed by atoms with Gasteiger partial charge in [0, 0.05) is 23.9 Å². The molecule has 0 heterocycles. The van der Waals surface area contributed by atoms with E-state index in [1.807, 2.05) is 41.5 Å². The van der Waals surface area contributed by atoms with Crippen molar-refractivity contribution in [1.29, 1.82) is 0 Å². The van der Waals surface area contributed by atoms with Gasteiger partial charge in [-0.15, -0.1) is 0 Å². The van der Waals surface area contributed by atoms with E-state index in [2.05, 4.69) is 10.6 Å². The van der Waals surface area contributed by atoms with Crippen LogP contribution in [-0.4, -0.2) is 22.9 Å². The molecule has 0 bridgehead atoms. The highest BCUT2D eigenvalue weighted by Gasteiger charge is 2.22. The number of hydrogen-bond donors (Lipinski definition) is 2. The normalized spacial score (nSPS) is 12.1. The Kier molecular flexibility index (Phi) is 5.66. The van der Waals surface area contributed by atoms with Gasteiger partial charge in [0.2, 0.25) is 11.8 Å². The minimum atomic E-state index is -0.331. The van der Waals surface area contributed by atoms with Crippen molar-refractivity contribution < 1.29 is 9.59 Å². The van der Waals surface area contributed by atoms with E-state index in [1.165, 1.54) is 0 Å². The molecule has 0 saturated heterocycles. The van der Waals surface area contributed by atoms with Gasteiger partial charge in [0.15, 0.2) is 0 Å². The lowest BCUT2D eigenvalue weighted by atomic mass is 9.97. The van der Waals surface area contributed by atoms with Gasteiger partial charge in [0.1, 0.15) is 0 Å². The maximum atomic E-state index is 11.6. The lowest BCUT2D eigenvalue weighted by Crippen LogP contribution is -2.45. The summed E-state index contributed by atoms with van der Waals surface area (Å²) in [5.41, 5.74) is -0.532. The quantitative estimate of drug-likeness (QED) is 0.774. The van der Waals surface area contributed by atoms with Gasteiger partial charge in [-0.3, -0.25) is 9.59 Å². The first kappa shape index (κ1) is 15.9. The Balaban J connectivity index is 4.09. The highest BCUT2D eigenvalue weighted by Crippen LogP contribution is 2.12. The molecule has 4 nitrogen and oxygen atoms in total. The van der Waals surface area contributed by atoms with Crippen molar-refractivity contribution in [2.24, 2.45) is 0 Å². The van der Waals surface area contributed by atoms with Crippen molar-refractivity contribution in [2.45, 2.75) is 71.9 Å². The molecule has 0 fully saturated rings. The summed E-state index contributed by atoms with van der Waals surface area (Å²) < 4.78 is 0. The molecule has 0 radical (unpaired) electrons. The van der Waals surface area contributed by atoms with Gasteiger partial charge < -0.3 is 10.6 Å². The molecule has 0 spiro atoms. The maximum Gasteiger partial charge on any atom is 0.220 e. The van der Waals surface area contributed by atoms with Crippen LogP contribution in [0.4, 0.5) is 0 Å². The first-order valence-corrected chi connectivity index (χ1v) is 6.18. The van der Waals surface area contributed by atoms with Crippen LogP contribution >= 0.6 is 0 Å². The van der Waals surface area contributed by atoms with Crippen molar-refractivity contribution in [2.75, 3.05) is 0 Å². The summed E-state index contributed by atoms with van der Waals surface area (Å²) in [5.74, 6) is 0.0440. The van der Waals surface area contributed by atoms with E-state index in [-0.39, 0.29) is 22.9 Å². The Morgan fingerprint density at radius 1 is 0.941 bits per heavy atom. The Morgan fingerprint density at radius 3 is 1.88 bits per heavy atom. The van der Waals surface area contributed by atoms with Crippen LogP contribution in [0, 0.1) is 0 Å². The standard InChI is InChI=1S/C13H26N2O2/c1-7-10(16)15-13(5,6)9-8-11(17)14-12(2,3)4/h7-9H2,1-6H3,(H,14,17)(H,15,16). The molecular formula is C13H26N2O2. The highest BCUT2D eigenvalue weighted by atomic mass is 16.2. The fourth-order valence-electron chi connectivity index (χ4n) is 1.44. The predicted molar refractivity (Wildman–Crippen MR) is 69.6 cm³/mol. The first-order valence-electron chi connectivity index (χ1n) is 6.18. The molecule has 0 aromatic heterocycles. The smallest absolute Gasteiger partial charge is 0.220 e. The average Bonchev–Trinajstić information content (AvgIpc) is 2.11. The zero-order valence-corrected chi connectivity index (χ0v) is 11.9. The molecule has 0 saturated carbocycles. The van der Waals surface area contributed by atoms with Gasteiger partial charge in [-0.1, -0.05) is 6.92 Å². The summed E-state index contributed by atoms with van der Waals surface area (Å²) in [6, 6.07) is 0. The first-order chi connectivity index (χ1) is 7.56. The minimum absolute atomic E-state index is 0.0197. The summed E-state index contributed by atoms with van der Waals surface area (Å²) in [5, 5.41) is 5.81. The van der Waals surface area contributed by atoms with Gasteiger partial charge in [-0.25, -0.2) is 0 Å². The van der Waals surface area contributed by atoms with E-state index in [4.69, 9.17) is 0 Å². The topological polar surface area (TPSA) is 58.2 Å². The van der Waals surface area contributed by atoms with Crippen LogP contribution in [0.3, 0.4) is 0 Å². The largest absolute Gasteiger partial charge is 0.352 e. The third-order valence-electron chi connectivity index (χ3n) is 2.29. The number of hydrogen-bond acceptors (Lipinski definition) is 2. The van der Waals surface area contributed by atoms with Gasteiger partial charge in [0.05, 0.1) is 0 Å². The van der Waals surface area contributed by atoms with E-state index >= 15 is 0 Å². The second-order valence-corrected chi connectivity index (χ2v) is 6.08. The Bertz CT molecular complexity index is 278. The van der Waals surface area contributed by atoms with E-state index in [9.17, 15) is 9.59 Å². The molecular weight excluding hydrogens is 216 g/mol. The van der Waals surface area contributed by atoms with E-state index < -0.39 is 0 Å². The number of carbonyl (C=O) groups excluding carboxylic acids is 2. The van der Waals surface area contributed by atoms with Crippen LogP contribution in [0.2, 0.25) is 0 Å². The molecule has 2 N–H and O–H groups in total. The van der Waals surface area contributed by atoms with Crippen molar-refractivity contribution >= 4 is 11.8 Å². The number of rotatable bonds is 5. The number of nitrogens with one attached hydrogen (secondary N) is 2. The van der Waals surface area contributed by atoms with Crippen LogP contribution in [0.5, 0.6) is 0 Å². The summed E-state index contributed by atoms with van der Waals surface area (Å²) in [7, 11) is 0. The molecule has 0 aromatic rings. The molecule has 17 heavy (non-hydrogen) atoms. The average molecular weight is 242 g/mol. The van der Waals surface area contributed by atoms with Crippen molar-refractivity contribution in [3.8, 4) is 0 Å². The molecule has 100 valence electrons. The summed E-state index contributed by atoms with van der Waals surface area (Å²) >= 11 is 0. The summed E-state index contributed by atoms with van der Waals surface area (Å²) in [4.78, 5) is 22.9. The van der Waals surface area contributed by atoms with E-state index in [0.29, 0.717) is 19.3 Å². The summed E-state index contributed by atoms with van der Waals surface area (Å²) in [6.45, 7) is 11.5.